The summed E-state index contributed by atoms with van der Waals surface area (Å²) >= 11 is 0. The van der Waals surface area contributed by atoms with Gasteiger partial charge in [-0.3, -0.25) is 14.3 Å². The Labute approximate surface area is 144 Å². The van der Waals surface area contributed by atoms with Crippen molar-refractivity contribution in [3.05, 3.63) is 41.9 Å². The molecule has 0 radical (unpaired) electrons. The van der Waals surface area contributed by atoms with Crippen molar-refractivity contribution in [2.45, 2.75) is 25.9 Å². The fourth-order valence-corrected chi connectivity index (χ4v) is 2.93. The first-order chi connectivity index (χ1) is 12.2. The van der Waals surface area contributed by atoms with E-state index in [1.165, 1.54) is 0 Å². The number of aromatic nitrogens is 6. The van der Waals surface area contributed by atoms with Crippen LogP contribution in [-0.2, 0) is 11.2 Å². The summed E-state index contributed by atoms with van der Waals surface area (Å²) in [4.78, 5) is 19.1. The minimum atomic E-state index is -0.307. The van der Waals surface area contributed by atoms with Crippen molar-refractivity contribution >= 4 is 11.6 Å². The molecular weight excluding hydrogens is 322 g/mol. The standard InChI is InChI=1S/C16H19N7O2/c1-2-3-13-18-15(21-19-13)12-9-22(6-7-25-12)16(24)11-4-5-14-20-17-10-23(14)8-11/h4-5,8,10,12H,2-3,6-7,9H2,1H3,(H,18,19,21). The van der Waals surface area contributed by atoms with E-state index in [-0.39, 0.29) is 12.0 Å². The molecule has 0 saturated carbocycles. The van der Waals surface area contributed by atoms with E-state index < -0.39 is 0 Å². The Morgan fingerprint density at radius 3 is 3.24 bits per heavy atom. The molecule has 9 heteroatoms. The van der Waals surface area contributed by atoms with Gasteiger partial charge in [0.15, 0.2) is 11.5 Å². The van der Waals surface area contributed by atoms with Crippen LogP contribution in [0, 0.1) is 0 Å². The van der Waals surface area contributed by atoms with Gasteiger partial charge in [-0.25, -0.2) is 4.98 Å². The van der Waals surface area contributed by atoms with Crippen LogP contribution in [0.5, 0.6) is 0 Å². The van der Waals surface area contributed by atoms with Crippen LogP contribution in [0.4, 0.5) is 0 Å². The first-order valence-corrected chi connectivity index (χ1v) is 8.36. The zero-order valence-corrected chi connectivity index (χ0v) is 13.9. The van der Waals surface area contributed by atoms with Gasteiger partial charge >= 0.3 is 0 Å². The van der Waals surface area contributed by atoms with E-state index in [1.807, 2.05) is 0 Å². The number of rotatable bonds is 4. The van der Waals surface area contributed by atoms with Gasteiger partial charge in [0.05, 0.1) is 18.7 Å². The Hall–Kier alpha value is -2.81. The van der Waals surface area contributed by atoms with Gasteiger partial charge in [0.2, 0.25) is 0 Å². The number of amides is 1. The molecule has 0 aromatic carbocycles. The summed E-state index contributed by atoms with van der Waals surface area (Å²) in [5.41, 5.74) is 1.30. The third-order valence-corrected chi connectivity index (χ3v) is 4.22. The molecule has 25 heavy (non-hydrogen) atoms. The van der Waals surface area contributed by atoms with Gasteiger partial charge in [0, 0.05) is 19.2 Å². The van der Waals surface area contributed by atoms with Gasteiger partial charge in [0.25, 0.3) is 5.91 Å². The zero-order chi connectivity index (χ0) is 17.2. The van der Waals surface area contributed by atoms with E-state index >= 15 is 0 Å². The van der Waals surface area contributed by atoms with Crippen LogP contribution >= 0.6 is 0 Å². The highest BCUT2D eigenvalue weighted by molar-refractivity contribution is 5.94. The van der Waals surface area contributed by atoms with Crippen LogP contribution < -0.4 is 0 Å². The van der Waals surface area contributed by atoms with Crippen molar-refractivity contribution in [2.75, 3.05) is 19.7 Å². The average molecular weight is 341 g/mol. The fourth-order valence-electron chi connectivity index (χ4n) is 2.93. The lowest BCUT2D eigenvalue weighted by Crippen LogP contribution is -2.42. The topological polar surface area (TPSA) is 101 Å². The number of nitrogens with one attached hydrogen (secondary N) is 1. The lowest BCUT2D eigenvalue weighted by atomic mass is 10.2. The second kappa shape index (κ2) is 6.60. The van der Waals surface area contributed by atoms with Gasteiger partial charge in [-0.05, 0) is 18.6 Å². The molecule has 9 nitrogen and oxygen atoms in total. The molecule has 1 aliphatic rings. The molecule has 1 unspecified atom stereocenters. The van der Waals surface area contributed by atoms with Crippen LogP contribution in [0.25, 0.3) is 5.65 Å². The van der Waals surface area contributed by atoms with Gasteiger partial charge in [-0.15, -0.1) is 10.2 Å². The van der Waals surface area contributed by atoms with E-state index in [4.69, 9.17) is 4.74 Å². The molecule has 1 fully saturated rings. The number of H-pyrrole nitrogens is 1. The molecule has 4 heterocycles. The first kappa shape index (κ1) is 15.7. The molecule has 130 valence electrons. The molecule has 0 bridgehead atoms. The normalized spacial score (nSPS) is 18.0. The number of hydrogen-bond acceptors (Lipinski definition) is 6. The Kier molecular flexibility index (Phi) is 4.14. The maximum absolute atomic E-state index is 12.8. The van der Waals surface area contributed by atoms with Crippen molar-refractivity contribution in [3.63, 3.8) is 0 Å². The number of aryl methyl sites for hydroxylation is 1. The smallest absolute Gasteiger partial charge is 0.255 e. The van der Waals surface area contributed by atoms with Gasteiger partial charge in [-0.1, -0.05) is 6.92 Å². The van der Waals surface area contributed by atoms with Crippen molar-refractivity contribution in [1.82, 2.24) is 34.7 Å². The van der Waals surface area contributed by atoms with Crippen molar-refractivity contribution in [2.24, 2.45) is 0 Å². The minimum Gasteiger partial charge on any atom is -0.366 e. The number of carbonyl (C=O) groups is 1. The lowest BCUT2D eigenvalue weighted by Gasteiger charge is -2.31. The SMILES string of the molecule is CCCc1nc(C2CN(C(=O)c3ccc4nncn4c3)CCO2)n[nH]1. The molecule has 0 aliphatic carbocycles. The molecule has 1 atom stereocenters. The van der Waals surface area contributed by atoms with Crippen LogP contribution in [0.2, 0.25) is 0 Å². The number of hydrogen-bond donors (Lipinski definition) is 1. The highest BCUT2D eigenvalue weighted by Gasteiger charge is 2.28. The molecule has 1 saturated heterocycles. The summed E-state index contributed by atoms with van der Waals surface area (Å²) in [5, 5.41) is 15.0. The highest BCUT2D eigenvalue weighted by Crippen LogP contribution is 2.21. The Bertz CT molecular complexity index is 887. The Morgan fingerprint density at radius 1 is 1.44 bits per heavy atom. The van der Waals surface area contributed by atoms with Crippen molar-refractivity contribution < 1.29 is 9.53 Å². The minimum absolute atomic E-state index is 0.0479. The molecule has 0 spiro atoms. The van der Waals surface area contributed by atoms with Crippen LogP contribution in [0.3, 0.4) is 0 Å². The summed E-state index contributed by atoms with van der Waals surface area (Å²) in [7, 11) is 0. The van der Waals surface area contributed by atoms with E-state index in [0.717, 1.165) is 18.7 Å². The summed E-state index contributed by atoms with van der Waals surface area (Å²) in [5.74, 6) is 1.41. The van der Waals surface area contributed by atoms with Crippen molar-refractivity contribution in [1.29, 1.82) is 0 Å². The highest BCUT2D eigenvalue weighted by atomic mass is 16.5. The second-order valence-electron chi connectivity index (χ2n) is 6.02. The Morgan fingerprint density at radius 2 is 2.36 bits per heavy atom. The maximum Gasteiger partial charge on any atom is 0.255 e. The number of morpholine rings is 1. The van der Waals surface area contributed by atoms with Gasteiger partial charge in [0.1, 0.15) is 18.3 Å². The molecule has 1 amide bonds. The number of pyridine rings is 1. The third kappa shape index (κ3) is 3.10. The fraction of sp³-hybridized carbons (Fsp3) is 0.438. The predicted molar refractivity (Wildman–Crippen MR) is 88.0 cm³/mol. The number of carbonyl (C=O) groups excluding carboxylic acids is 1. The first-order valence-electron chi connectivity index (χ1n) is 8.36. The molecule has 3 aromatic heterocycles. The van der Waals surface area contributed by atoms with Crippen LogP contribution in [0.15, 0.2) is 24.7 Å². The maximum atomic E-state index is 12.8. The summed E-state index contributed by atoms with van der Waals surface area (Å²) in [6.45, 7) is 3.53. The largest absolute Gasteiger partial charge is 0.366 e. The molecule has 1 aliphatic heterocycles. The monoisotopic (exact) mass is 341 g/mol. The number of fused-ring (bicyclic) bond motifs is 1. The van der Waals surface area contributed by atoms with Gasteiger partial charge in [-0.2, -0.15) is 5.10 Å². The van der Waals surface area contributed by atoms with E-state index in [0.29, 0.717) is 36.7 Å². The molecule has 4 rings (SSSR count). The second-order valence-corrected chi connectivity index (χ2v) is 6.02. The number of aromatic amines is 1. The lowest BCUT2D eigenvalue weighted by molar-refractivity contribution is -0.0267. The molecular formula is C16H19N7O2. The third-order valence-electron chi connectivity index (χ3n) is 4.22. The van der Waals surface area contributed by atoms with E-state index in [9.17, 15) is 4.79 Å². The van der Waals surface area contributed by atoms with Crippen LogP contribution in [-0.4, -0.2) is 60.3 Å². The summed E-state index contributed by atoms with van der Waals surface area (Å²) in [6.07, 6.45) is 4.86. The predicted octanol–water partition coefficient (Wildman–Crippen LogP) is 1.01. The summed E-state index contributed by atoms with van der Waals surface area (Å²) < 4.78 is 7.50. The molecule has 1 N–H and O–H groups in total. The van der Waals surface area contributed by atoms with Crippen LogP contribution in [0.1, 0.15) is 41.5 Å². The van der Waals surface area contributed by atoms with E-state index in [2.05, 4.69) is 32.3 Å². The average Bonchev–Trinajstić information content (AvgIpc) is 3.30. The quantitative estimate of drug-likeness (QED) is 0.760. The Balaban J connectivity index is 1.50. The number of nitrogens with zero attached hydrogens (tertiary/aromatic N) is 6. The molecule has 3 aromatic rings. The van der Waals surface area contributed by atoms with Crippen molar-refractivity contribution in [3.8, 4) is 0 Å². The summed E-state index contributed by atoms with van der Waals surface area (Å²) in [6, 6.07) is 3.55. The number of ether oxygens (including phenoxy) is 1. The van der Waals surface area contributed by atoms with Gasteiger partial charge < -0.3 is 9.64 Å². The van der Waals surface area contributed by atoms with E-state index in [1.54, 1.807) is 34.0 Å². The zero-order valence-electron chi connectivity index (χ0n) is 13.9.